The summed E-state index contributed by atoms with van der Waals surface area (Å²) in [4.78, 5) is 2.22. The summed E-state index contributed by atoms with van der Waals surface area (Å²) in [7, 11) is 5.88. The topological polar surface area (TPSA) is 24.5 Å². The van der Waals surface area contributed by atoms with E-state index < -0.39 is 0 Å². The molecule has 0 saturated heterocycles. The molecule has 100 valence electrons. The minimum absolute atomic E-state index is 0.546. The number of hydrogen-bond acceptors (Lipinski definition) is 3. The summed E-state index contributed by atoms with van der Waals surface area (Å²) in [5.74, 6) is 0.768. The Bertz CT molecular complexity index is 421. The van der Waals surface area contributed by atoms with E-state index in [9.17, 15) is 0 Å². The zero-order valence-electron chi connectivity index (χ0n) is 11.3. The Morgan fingerprint density at radius 2 is 2.22 bits per heavy atom. The average Bonchev–Trinajstić information content (AvgIpc) is 2.35. The normalized spacial score (nSPS) is 18.4. The summed E-state index contributed by atoms with van der Waals surface area (Å²) in [5.41, 5.74) is 2.47. The monoisotopic (exact) mass is 268 g/mol. The van der Waals surface area contributed by atoms with Gasteiger partial charge in [-0.2, -0.15) is 0 Å². The van der Waals surface area contributed by atoms with E-state index in [1.807, 2.05) is 12.1 Å². The van der Waals surface area contributed by atoms with Crippen LogP contribution in [-0.2, 0) is 6.42 Å². The van der Waals surface area contributed by atoms with E-state index in [0.29, 0.717) is 11.1 Å². The first-order valence-corrected chi connectivity index (χ1v) is 6.75. The van der Waals surface area contributed by atoms with Gasteiger partial charge in [0.2, 0.25) is 0 Å². The SMILES string of the molecule is COc1cc2c(cc1Cl)NC(CCN(C)C)CC2. The number of aryl methyl sites for hydroxylation is 1. The van der Waals surface area contributed by atoms with Crippen LogP contribution in [0.15, 0.2) is 12.1 Å². The molecule has 1 N–H and O–H groups in total. The Hall–Kier alpha value is -0.930. The quantitative estimate of drug-likeness (QED) is 0.909. The lowest BCUT2D eigenvalue weighted by Gasteiger charge is -2.28. The van der Waals surface area contributed by atoms with Crippen LogP contribution in [0.3, 0.4) is 0 Å². The zero-order chi connectivity index (χ0) is 13.1. The maximum absolute atomic E-state index is 6.16. The van der Waals surface area contributed by atoms with Crippen molar-refractivity contribution in [1.82, 2.24) is 4.90 Å². The Labute approximate surface area is 114 Å². The Morgan fingerprint density at radius 1 is 1.44 bits per heavy atom. The first-order chi connectivity index (χ1) is 8.60. The molecule has 0 aliphatic carbocycles. The average molecular weight is 269 g/mol. The van der Waals surface area contributed by atoms with Crippen molar-refractivity contribution in [2.75, 3.05) is 33.1 Å². The fraction of sp³-hybridized carbons (Fsp3) is 0.571. The number of benzene rings is 1. The van der Waals surface area contributed by atoms with Crippen LogP contribution < -0.4 is 10.1 Å². The molecule has 0 spiro atoms. The van der Waals surface area contributed by atoms with Crippen LogP contribution >= 0.6 is 11.6 Å². The fourth-order valence-electron chi connectivity index (χ4n) is 2.35. The molecule has 4 heteroatoms. The van der Waals surface area contributed by atoms with Gasteiger partial charge in [0.15, 0.2) is 0 Å². The standard InChI is InChI=1S/C14H21ClN2O/c1-17(2)7-6-11-5-4-10-8-14(18-3)12(15)9-13(10)16-11/h8-9,11,16H,4-7H2,1-3H3. The second-order valence-corrected chi connectivity index (χ2v) is 5.52. The Kier molecular flexibility index (Phi) is 4.36. The summed E-state index contributed by atoms with van der Waals surface area (Å²) in [6.07, 6.45) is 3.43. The number of methoxy groups -OCH3 is 1. The lowest BCUT2D eigenvalue weighted by molar-refractivity contribution is 0.379. The largest absolute Gasteiger partial charge is 0.495 e. The van der Waals surface area contributed by atoms with Crippen molar-refractivity contribution in [3.05, 3.63) is 22.7 Å². The highest BCUT2D eigenvalue weighted by Gasteiger charge is 2.19. The number of fused-ring (bicyclic) bond motifs is 1. The van der Waals surface area contributed by atoms with E-state index in [4.69, 9.17) is 16.3 Å². The van der Waals surface area contributed by atoms with Gasteiger partial charge in [-0.15, -0.1) is 0 Å². The number of nitrogens with one attached hydrogen (secondary N) is 1. The maximum atomic E-state index is 6.16. The van der Waals surface area contributed by atoms with Crippen molar-refractivity contribution in [2.24, 2.45) is 0 Å². The van der Waals surface area contributed by atoms with Crippen LogP contribution in [-0.4, -0.2) is 38.7 Å². The summed E-state index contributed by atoms with van der Waals surface area (Å²) in [5, 5.41) is 4.26. The van der Waals surface area contributed by atoms with Gasteiger partial charge in [0.05, 0.1) is 12.1 Å². The second kappa shape index (κ2) is 5.81. The molecular formula is C14H21ClN2O. The van der Waals surface area contributed by atoms with Crippen LogP contribution in [0, 0.1) is 0 Å². The van der Waals surface area contributed by atoms with Gasteiger partial charge in [-0.05, 0) is 57.6 Å². The summed E-state index contributed by atoms with van der Waals surface area (Å²) >= 11 is 6.16. The molecule has 0 saturated carbocycles. The predicted molar refractivity (Wildman–Crippen MR) is 76.9 cm³/mol. The van der Waals surface area contributed by atoms with E-state index in [-0.39, 0.29) is 0 Å². The molecule has 1 unspecified atom stereocenters. The van der Waals surface area contributed by atoms with Crippen molar-refractivity contribution >= 4 is 17.3 Å². The lowest BCUT2D eigenvalue weighted by Crippen LogP contribution is -2.29. The zero-order valence-corrected chi connectivity index (χ0v) is 12.0. The van der Waals surface area contributed by atoms with E-state index in [0.717, 1.165) is 30.8 Å². The van der Waals surface area contributed by atoms with Gasteiger partial charge in [-0.1, -0.05) is 11.6 Å². The molecule has 0 amide bonds. The lowest BCUT2D eigenvalue weighted by atomic mass is 9.96. The van der Waals surface area contributed by atoms with E-state index >= 15 is 0 Å². The number of anilines is 1. The first-order valence-electron chi connectivity index (χ1n) is 6.38. The van der Waals surface area contributed by atoms with Crippen LogP contribution in [0.1, 0.15) is 18.4 Å². The molecule has 0 radical (unpaired) electrons. The molecule has 1 aromatic rings. The van der Waals surface area contributed by atoms with Gasteiger partial charge < -0.3 is 15.0 Å². The van der Waals surface area contributed by atoms with Crippen LogP contribution in [0.25, 0.3) is 0 Å². The van der Waals surface area contributed by atoms with Crippen LogP contribution in [0.2, 0.25) is 5.02 Å². The Balaban J connectivity index is 2.07. The highest BCUT2D eigenvalue weighted by molar-refractivity contribution is 6.32. The van der Waals surface area contributed by atoms with Gasteiger partial charge >= 0.3 is 0 Å². The highest BCUT2D eigenvalue weighted by Crippen LogP contribution is 2.35. The maximum Gasteiger partial charge on any atom is 0.137 e. The second-order valence-electron chi connectivity index (χ2n) is 5.12. The van der Waals surface area contributed by atoms with Crippen LogP contribution in [0.4, 0.5) is 5.69 Å². The molecular weight excluding hydrogens is 248 g/mol. The van der Waals surface area contributed by atoms with Crippen molar-refractivity contribution in [3.8, 4) is 5.75 Å². The minimum atomic E-state index is 0.546. The predicted octanol–water partition coefficient (Wildman–Crippen LogP) is 3.03. The highest BCUT2D eigenvalue weighted by atomic mass is 35.5. The van der Waals surface area contributed by atoms with E-state index in [1.165, 1.54) is 12.0 Å². The first kappa shape index (κ1) is 13.5. The van der Waals surface area contributed by atoms with Crippen molar-refractivity contribution in [3.63, 3.8) is 0 Å². The third kappa shape index (κ3) is 3.09. The molecule has 3 nitrogen and oxygen atoms in total. The van der Waals surface area contributed by atoms with Crippen LogP contribution in [0.5, 0.6) is 5.75 Å². The van der Waals surface area contributed by atoms with Gasteiger partial charge in [-0.25, -0.2) is 0 Å². The molecule has 1 atom stereocenters. The molecule has 1 heterocycles. The third-order valence-electron chi connectivity index (χ3n) is 3.42. The number of halogens is 1. The van der Waals surface area contributed by atoms with Gasteiger partial charge in [0, 0.05) is 11.7 Å². The van der Waals surface area contributed by atoms with E-state index in [2.05, 4.69) is 24.3 Å². The van der Waals surface area contributed by atoms with Gasteiger partial charge in [-0.3, -0.25) is 0 Å². The van der Waals surface area contributed by atoms with Gasteiger partial charge in [0.1, 0.15) is 5.75 Å². The summed E-state index contributed by atoms with van der Waals surface area (Å²) in [6.45, 7) is 1.11. The third-order valence-corrected chi connectivity index (χ3v) is 3.72. The van der Waals surface area contributed by atoms with Crippen molar-refractivity contribution in [1.29, 1.82) is 0 Å². The number of nitrogens with zero attached hydrogens (tertiary/aromatic N) is 1. The molecule has 1 aliphatic rings. The van der Waals surface area contributed by atoms with Gasteiger partial charge in [0.25, 0.3) is 0 Å². The molecule has 1 aromatic carbocycles. The van der Waals surface area contributed by atoms with Crippen molar-refractivity contribution < 1.29 is 4.74 Å². The van der Waals surface area contributed by atoms with E-state index in [1.54, 1.807) is 7.11 Å². The molecule has 2 rings (SSSR count). The fourth-order valence-corrected chi connectivity index (χ4v) is 2.59. The smallest absolute Gasteiger partial charge is 0.137 e. The number of ether oxygens (including phenoxy) is 1. The molecule has 0 bridgehead atoms. The minimum Gasteiger partial charge on any atom is -0.495 e. The molecule has 0 aromatic heterocycles. The summed E-state index contributed by atoms with van der Waals surface area (Å²) < 4.78 is 5.25. The molecule has 18 heavy (non-hydrogen) atoms. The molecule has 0 fully saturated rings. The summed E-state index contributed by atoms with van der Waals surface area (Å²) in [6, 6.07) is 4.58. The number of rotatable bonds is 4. The number of hydrogen-bond donors (Lipinski definition) is 1. The van der Waals surface area contributed by atoms with Crippen molar-refractivity contribution in [2.45, 2.75) is 25.3 Å². The molecule has 1 aliphatic heterocycles. The Morgan fingerprint density at radius 3 is 2.89 bits per heavy atom.